The van der Waals surface area contributed by atoms with E-state index in [9.17, 15) is 0 Å². The fourth-order valence-electron chi connectivity index (χ4n) is 8.24. The van der Waals surface area contributed by atoms with Crippen molar-refractivity contribution in [3.63, 3.8) is 0 Å². The van der Waals surface area contributed by atoms with E-state index in [4.69, 9.17) is 13.8 Å². The molecule has 0 atom stereocenters. The van der Waals surface area contributed by atoms with Crippen molar-refractivity contribution >= 4 is 50.1 Å². The van der Waals surface area contributed by atoms with Gasteiger partial charge in [-0.25, -0.2) is 4.98 Å². The third kappa shape index (κ3) is 6.24. The number of para-hydroxylation sites is 2. The first-order valence-electron chi connectivity index (χ1n) is 19.9. The summed E-state index contributed by atoms with van der Waals surface area (Å²) in [4.78, 5) is 7.45. The van der Waals surface area contributed by atoms with Crippen LogP contribution in [0.2, 0.25) is 0 Å². The van der Waals surface area contributed by atoms with E-state index < -0.39 is 0 Å². The summed E-state index contributed by atoms with van der Waals surface area (Å²) >= 11 is 0. The fraction of sp³-hybridized carbons (Fsp3) is 0. The molecule has 0 aliphatic carbocycles. The summed E-state index contributed by atoms with van der Waals surface area (Å²) in [5, 5.41) is 2.04. The van der Waals surface area contributed by atoms with Crippen molar-refractivity contribution < 1.29 is 8.83 Å². The maximum atomic E-state index is 6.63. The van der Waals surface area contributed by atoms with Gasteiger partial charge in [-0.2, -0.15) is 0 Å². The van der Waals surface area contributed by atoms with Crippen LogP contribution >= 0.6 is 0 Å². The fourth-order valence-corrected chi connectivity index (χ4v) is 8.24. The zero-order valence-electron chi connectivity index (χ0n) is 32.0. The Morgan fingerprint density at radius 1 is 0.356 bits per heavy atom. The van der Waals surface area contributed by atoms with Crippen molar-refractivity contribution in [1.82, 2.24) is 4.98 Å². The first-order chi connectivity index (χ1) is 29.2. The first-order valence-corrected chi connectivity index (χ1v) is 19.9. The Bertz CT molecular complexity index is 3220. The number of anilines is 3. The number of hydrogen-bond acceptors (Lipinski definition) is 4. The van der Waals surface area contributed by atoms with Gasteiger partial charge in [-0.1, -0.05) is 164 Å². The van der Waals surface area contributed by atoms with Gasteiger partial charge in [-0.05, 0) is 88.0 Å². The van der Waals surface area contributed by atoms with Gasteiger partial charge in [-0.15, -0.1) is 0 Å². The average molecular weight is 757 g/mol. The van der Waals surface area contributed by atoms with Gasteiger partial charge in [0, 0.05) is 33.3 Å². The third-order valence-corrected chi connectivity index (χ3v) is 11.1. The lowest BCUT2D eigenvalue weighted by Gasteiger charge is -2.28. The van der Waals surface area contributed by atoms with Gasteiger partial charge < -0.3 is 13.7 Å². The van der Waals surface area contributed by atoms with Crippen LogP contribution in [0.5, 0.6) is 0 Å². The van der Waals surface area contributed by atoms with Crippen molar-refractivity contribution in [2.45, 2.75) is 0 Å². The maximum absolute atomic E-state index is 6.63. The van der Waals surface area contributed by atoms with Gasteiger partial charge in [0.25, 0.3) is 0 Å². The van der Waals surface area contributed by atoms with E-state index in [2.05, 4.69) is 175 Å². The SMILES string of the molecule is c1ccc(-c2ccc(-c3ccccc3N(c3ccc(-c4ccccc4)cc3)c3ccc(-c4c5nc(-c6ccccc6)oc5cc5c4oc4ccccc45)cc3)cc2)cc1. The summed E-state index contributed by atoms with van der Waals surface area (Å²) in [5.41, 5.74) is 16.1. The van der Waals surface area contributed by atoms with Crippen molar-refractivity contribution in [3.05, 3.63) is 218 Å². The molecule has 0 saturated heterocycles. The van der Waals surface area contributed by atoms with E-state index in [1.807, 2.05) is 48.5 Å². The number of benzene rings is 9. The average Bonchev–Trinajstić information content (AvgIpc) is 3.92. The largest absolute Gasteiger partial charge is 0.455 e. The minimum Gasteiger partial charge on any atom is -0.455 e. The Balaban J connectivity index is 1.06. The van der Waals surface area contributed by atoms with E-state index in [1.54, 1.807) is 0 Å². The molecule has 2 aromatic heterocycles. The Morgan fingerprint density at radius 2 is 0.847 bits per heavy atom. The van der Waals surface area contributed by atoms with Crippen LogP contribution in [-0.2, 0) is 0 Å². The highest BCUT2D eigenvalue weighted by atomic mass is 16.4. The van der Waals surface area contributed by atoms with Crippen molar-refractivity contribution in [3.8, 4) is 56.0 Å². The summed E-state index contributed by atoms with van der Waals surface area (Å²) < 4.78 is 13.1. The lowest BCUT2D eigenvalue weighted by molar-refractivity contribution is 0.620. The molecule has 2 heterocycles. The molecule has 11 rings (SSSR count). The van der Waals surface area contributed by atoms with Gasteiger partial charge in [0.05, 0.1) is 11.3 Å². The summed E-state index contributed by atoms with van der Waals surface area (Å²) in [7, 11) is 0. The molecule has 0 aliphatic rings. The molecule has 0 N–H and O–H groups in total. The Kier molecular flexibility index (Phi) is 8.45. The Labute approximate surface area is 341 Å². The molecule has 0 amide bonds. The number of nitrogens with zero attached hydrogens (tertiary/aromatic N) is 2. The molecule has 0 fully saturated rings. The monoisotopic (exact) mass is 756 g/mol. The number of fused-ring (bicyclic) bond motifs is 4. The minimum atomic E-state index is 0.578. The van der Waals surface area contributed by atoms with Gasteiger partial charge in [0.1, 0.15) is 16.7 Å². The summed E-state index contributed by atoms with van der Waals surface area (Å²) in [6, 6.07) is 76.4. The molecule has 0 unspecified atom stereocenters. The van der Waals surface area contributed by atoms with Crippen LogP contribution in [0.3, 0.4) is 0 Å². The highest BCUT2D eigenvalue weighted by molar-refractivity contribution is 6.16. The topological polar surface area (TPSA) is 42.4 Å². The van der Waals surface area contributed by atoms with E-state index in [0.717, 1.165) is 72.3 Å². The van der Waals surface area contributed by atoms with Crippen LogP contribution < -0.4 is 4.90 Å². The molecule has 4 heteroatoms. The predicted octanol–water partition coefficient (Wildman–Crippen LogP) is 15.5. The van der Waals surface area contributed by atoms with Crippen LogP contribution in [0.1, 0.15) is 0 Å². The summed E-state index contributed by atoms with van der Waals surface area (Å²) in [5.74, 6) is 0.578. The number of aromatic nitrogens is 1. The molecule has 11 aromatic rings. The smallest absolute Gasteiger partial charge is 0.227 e. The number of oxazole rings is 1. The van der Waals surface area contributed by atoms with Gasteiger partial charge in [0.2, 0.25) is 5.89 Å². The third-order valence-electron chi connectivity index (χ3n) is 11.1. The van der Waals surface area contributed by atoms with Crippen LogP contribution in [0, 0.1) is 0 Å². The lowest BCUT2D eigenvalue weighted by Crippen LogP contribution is -2.11. The van der Waals surface area contributed by atoms with Crippen molar-refractivity contribution in [2.75, 3.05) is 4.90 Å². The Hall–Kier alpha value is -7.95. The second kappa shape index (κ2) is 14.5. The van der Waals surface area contributed by atoms with Crippen molar-refractivity contribution in [2.24, 2.45) is 0 Å². The molecule has 0 bridgehead atoms. The van der Waals surface area contributed by atoms with Gasteiger partial charge >= 0.3 is 0 Å². The predicted molar refractivity (Wildman–Crippen MR) is 243 cm³/mol. The molecular weight excluding hydrogens is 721 g/mol. The quantitative estimate of drug-likeness (QED) is 0.155. The number of hydrogen-bond donors (Lipinski definition) is 0. The number of furan rings is 1. The highest BCUT2D eigenvalue weighted by Gasteiger charge is 2.23. The Morgan fingerprint density at radius 3 is 1.49 bits per heavy atom. The zero-order chi connectivity index (χ0) is 39.1. The van der Waals surface area contributed by atoms with Gasteiger partial charge in [-0.3, -0.25) is 0 Å². The van der Waals surface area contributed by atoms with E-state index in [-0.39, 0.29) is 0 Å². The molecular formula is C55H36N2O2. The molecule has 0 radical (unpaired) electrons. The standard InChI is InChI=1S/C55H36N2O2/c1-4-14-37(15-5-1)39-24-26-41(27-25-39)46-20-10-12-22-49(46)57(44-32-28-40(29-33-44)38-16-6-2-7-17-38)45-34-30-42(31-35-45)52-53-51(59-55(56-53)43-18-8-3-9-19-43)36-48-47-21-11-13-23-50(47)58-54(48)52/h1-36H. The van der Waals surface area contributed by atoms with Crippen molar-refractivity contribution in [1.29, 1.82) is 0 Å². The summed E-state index contributed by atoms with van der Waals surface area (Å²) in [6.07, 6.45) is 0. The maximum Gasteiger partial charge on any atom is 0.227 e. The van der Waals surface area contributed by atoms with Crippen LogP contribution in [0.15, 0.2) is 227 Å². The van der Waals surface area contributed by atoms with Crippen LogP contribution in [-0.4, -0.2) is 4.98 Å². The molecule has 0 saturated carbocycles. The van der Waals surface area contributed by atoms with E-state index in [1.165, 1.54) is 22.3 Å². The van der Waals surface area contributed by atoms with Crippen LogP contribution in [0.4, 0.5) is 17.1 Å². The number of rotatable bonds is 8. The second-order valence-electron chi connectivity index (χ2n) is 14.7. The molecule has 0 spiro atoms. The second-order valence-corrected chi connectivity index (χ2v) is 14.7. The lowest BCUT2D eigenvalue weighted by atomic mass is 9.97. The summed E-state index contributed by atoms with van der Waals surface area (Å²) in [6.45, 7) is 0. The minimum absolute atomic E-state index is 0.578. The first kappa shape index (κ1) is 34.3. The normalized spacial score (nSPS) is 11.4. The molecule has 0 aliphatic heterocycles. The molecule has 9 aromatic carbocycles. The van der Waals surface area contributed by atoms with E-state index >= 15 is 0 Å². The molecule has 278 valence electrons. The zero-order valence-corrected chi connectivity index (χ0v) is 32.0. The van der Waals surface area contributed by atoms with Gasteiger partial charge in [0.15, 0.2) is 5.58 Å². The molecule has 4 nitrogen and oxygen atoms in total. The molecule has 59 heavy (non-hydrogen) atoms. The van der Waals surface area contributed by atoms with E-state index in [0.29, 0.717) is 11.5 Å². The highest BCUT2D eigenvalue weighted by Crippen LogP contribution is 2.45. The van der Waals surface area contributed by atoms with Crippen LogP contribution in [0.25, 0.3) is 89.0 Å².